The van der Waals surface area contributed by atoms with Gasteiger partial charge in [-0.3, -0.25) is 0 Å². The number of hydrogen-bond acceptors (Lipinski definition) is 3. The standard InChI is InChI=1S/C9H20INO2S/c1-2-14(12,13)9-5-8-11-7-4-3-6-10/h11H,2-9H2,1H3. The van der Waals surface area contributed by atoms with Crippen molar-refractivity contribution in [3.05, 3.63) is 0 Å². The monoisotopic (exact) mass is 333 g/mol. The van der Waals surface area contributed by atoms with E-state index in [1.807, 2.05) is 0 Å². The van der Waals surface area contributed by atoms with Gasteiger partial charge in [-0.2, -0.15) is 0 Å². The largest absolute Gasteiger partial charge is 0.317 e. The predicted octanol–water partition coefficient (Wildman–Crippen LogP) is 1.62. The smallest absolute Gasteiger partial charge is 0.150 e. The zero-order valence-corrected chi connectivity index (χ0v) is 11.7. The van der Waals surface area contributed by atoms with Crippen molar-refractivity contribution in [2.45, 2.75) is 26.2 Å². The van der Waals surface area contributed by atoms with E-state index in [2.05, 4.69) is 27.9 Å². The summed E-state index contributed by atoms with van der Waals surface area (Å²) in [5.74, 6) is 0.588. The van der Waals surface area contributed by atoms with Crippen molar-refractivity contribution in [1.82, 2.24) is 5.32 Å². The molecular formula is C9H20INO2S. The topological polar surface area (TPSA) is 46.2 Å². The maximum Gasteiger partial charge on any atom is 0.150 e. The van der Waals surface area contributed by atoms with E-state index < -0.39 is 9.84 Å². The molecule has 5 heteroatoms. The minimum absolute atomic E-state index is 0.266. The van der Waals surface area contributed by atoms with E-state index >= 15 is 0 Å². The third kappa shape index (κ3) is 9.21. The van der Waals surface area contributed by atoms with E-state index in [0.29, 0.717) is 5.75 Å². The highest BCUT2D eigenvalue weighted by Gasteiger charge is 2.05. The molecule has 0 fully saturated rings. The van der Waals surface area contributed by atoms with Gasteiger partial charge in [-0.1, -0.05) is 29.5 Å². The Bertz CT molecular complexity index is 217. The van der Waals surface area contributed by atoms with Crippen LogP contribution in [0.1, 0.15) is 26.2 Å². The van der Waals surface area contributed by atoms with Gasteiger partial charge in [0.1, 0.15) is 9.84 Å². The van der Waals surface area contributed by atoms with Gasteiger partial charge in [-0.25, -0.2) is 8.42 Å². The number of alkyl halides is 1. The third-order valence-corrected chi connectivity index (χ3v) is 4.54. The molecule has 0 atom stereocenters. The summed E-state index contributed by atoms with van der Waals surface area (Å²) in [4.78, 5) is 0. The molecule has 0 amide bonds. The molecule has 14 heavy (non-hydrogen) atoms. The molecule has 0 aromatic heterocycles. The van der Waals surface area contributed by atoms with Crippen LogP contribution in [-0.2, 0) is 9.84 Å². The van der Waals surface area contributed by atoms with Crippen molar-refractivity contribution < 1.29 is 8.42 Å². The maximum atomic E-state index is 11.1. The summed E-state index contributed by atoms with van der Waals surface area (Å²) >= 11 is 2.36. The van der Waals surface area contributed by atoms with Crippen LogP contribution in [0.25, 0.3) is 0 Å². The number of halogens is 1. The van der Waals surface area contributed by atoms with Crippen molar-refractivity contribution in [2.75, 3.05) is 29.0 Å². The number of unbranched alkanes of at least 4 members (excludes halogenated alkanes) is 1. The summed E-state index contributed by atoms with van der Waals surface area (Å²) in [6, 6.07) is 0. The summed E-state index contributed by atoms with van der Waals surface area (Å²) in [6.07, 6.45) is 3.16. The highest BCUT2D eigenvalue weighted by atomic mass is 127. The lowest BCUT2D eigenvalue weighted by Crippen LogP contribution is -2.20. The lowest BCUT2D eigenvalue weighted by Gasteiger charge is -2.03. The Balaban J connectivity index is 3.22. The first kappa shape index (κ1) is 14.6. The molecule has 86 valence electrons. The van der Waals surface area contributed by atoms with E-state index in [4.69, 9.17) is 0 Å². The third-order valence-electron chi connectivity index (χ3n) is 1.99. The molecule has 0 spiro atoms. The second-order valence-electron chi connectivity index (χ2n) is 3.24. The summed E-state index contributed by atoms with van der Waals surface area (Å²) in [5, 5.41) is 3.25. The molecule has 3 nitrogen and oxygen atoms in total. The van der Waals surface area contributed by atoms with Crippen LogP contribution in [0.4, 0.5) is 0 Å². The first-order chi connectivity index (χ1) is 6.62. The Hall–Kier alpha value is 0.640. The first-order valence-electron chi connectivity index (χ1n) is 5.09. The van der Waals surface area contributed by atoms with Gasteiger partial charge < -0.3 is 5.32 Å². The van der Waals surface area contributed by atoms with E-state index in [-0.39, 0.29) is 5.75 Å². The minimum atomic E-state index is -2.76. The lowest BCUT2D eigenvalue weighted by atomic mass is 10.3. The molecule has 1 N–H and O–H groups in total. The molecular weight excluding hydrogens is 313 g/mol. The SMILES string of the molecule is CCS(=O)(=O)CCCNCCCCI. The second kappa shape index (κ2) is 8.91. The van der Waals surface area contributed by atoms with Crippen LogP contribution in [0, 0.1) is 0 Å². The van der Waals surface area contributed by atoms with Gasteiger partial charge in [0.2, 0.25) is 0 Å². The van der Waals surface area contributed by atoms with Gasteiger partial charge in [0.15, 0.2) is 0 Å². The van der Waals surface area contributed by atoms with Crippen LogP contribution in [0.15, 0.2) is 0 Å². The summed E-state index contributed by atoms with van der Waals surface area (Å²) in [7, 11) is -2.76. The van der Waals surface area contributed by atoms with Crippen LogP contribution in [0.2, 0.25) is 0 Å². The second-order valence-corrected chi connectivity index (χ2v) is 6.79. The fraction of sp³-hybridized carbons (Fsp3) is 1.00. The Labute approximate surface area is 101 Å². The number of sulfone groups is 1. The zero-order valence-electron chi connectivity index (χ0n) is 8.76. The fourth-order valence-electron chi connectivity index (χ4n) is 1.03. The number of rotatable bonds is 9. The molecule has 0 saturated heterocycles. The van der Waals surface area contributed by atoms with E-state index in [0.717, 1.165) is 19.5 Å². The Morgan fingerprint density at radius 2 is 1.79 bits per heavy atom. The summed E-state index contributed by atoms with van der Waals surface area (Å²) < 4.78 is 23.4. The van der Waals surface area contributed by atoms with Gasteiger partial charge in [0.25, 0.3) is 0 Å². The quantitative estimate of drug-likeness (QED) is 0.396. The number of nitrogens with one attached hydrogen (secondary N) is 1. The van der Waals surface area contributed by atoms with Crippen LogP contribution < -0.4 is 5.32 Å². The molecule has 0 bridgehead atoms. The summed E-state index contributed by atoms with van der Waals surface area (Å²) in [5.41, 5.74) is 0. The van der Waals surface area contributed by atoms with Crippen LogP contribution in [0.3, 0.4) is 0 Å². The molecule has 0 unspecified atom stereocenters. The Morgan fingerprint density at radius 3 is 2.36 bits per heavy atom. The Kier molecular flexibility index (Phi) is 9.32. The molecule has 0 aromatic rings. The van der Waals surface area contributed by atoms with Crippen molar-refractivity contribution in [2.24, 2.45) is 0 Å². The molecule has 0 radical (unpaired) electrons. The maximum absolute atomic E-state index is 11.1. The average molecular weight is 333 g/mol. The molecule has 0 aliphatic heterocycles. The highest BCUT2D eigenvalue weighted by Crippen LogP contribution is 1.94. The van der Waals surface area contributed by atoms with Crippen molar-refractivity contribution in [1.29, 1.82) is 0 Å². The summed E-state index contributed by atoms with van der Waals surface area (Å²) in [6.45, 7) is 3.53. The molecule has 0 aliphatic carbocycles. The minimum Gasteiger partial charge on any atom is -0.317 e. The average Bonchev–Trinajstić information content (AvgIpc) is 2.16. The van der Waals surface area contributed by atoms with E-state index in [9.17, 15) is 8.42 Å². The van der Waals surface area contributed by atoms with Gasteiger partial charge in [-0.05, 0) is 36.8 Å². The fourth-order valence-corrected chi connectivity index (χ4v) is 2.44. The normalized spacial score (nSPS) is 11.9. The lowest BCUT2D eigenvalue weighted by molar-refractivity contribution is 0.587. The van der Waals surface area contributed by atoms with Crippen LogP contribution in [-0.4, -0.2) is 37.4 Å². The van der Waals surface area contributed by atoms with Gasteiger partial charge in [-0.15, -0.1) is 0 Å². The molecule has 0 saturated carbocycles. The first-order valence-corrected chi connectivity index (χ1v) is 8.44. The van der Waals surface area contributed by atoms with E-state index in [1.54, 1.807) is 6.92 Å². The highest BCUT2D eigenvalue weighted by molar-refractivity contribution is 14.1. The molecule has 0 rings (SSSR count). The van der Waals surface area contributed by atoms with Crippen LogP contribution >= 0.6 is 22.6 Å². The Morgan fingerprint density at radius 1 is 1.14 bits per heavy atom. The molecule has 0 heterocycles. The number of hydrogen-bond donors (Lipinski definition) is 1. The van der Waals surface area contributed by atoms with Gasteiger partial charge in [0.05, 0.1) is 5.75 Å². The van der Waals surface area contributed by atoms with Crippen LogP contribution in [0.5, 0.6) is 0 Å². The zero-order chi connectivity index (χ0) is 10.9. The molecule has 0 aliphatic rings. The van der Waals surface area contributed by atoms with Crippen molar-refractivity contribution in [3.8, 4) is 0 Å². The molecule has 0 aromatic carbocycles. The van der Waals surface area contributed by atoms with Gasteiger partial charge in [0, 0.05) is 5.75 Å². The van der Waals surface area contributed by atoms with E-state index in [1.165, 1.54) is 17.3 Å². The van der Waals surface area contributed by atoms with Crippen molar-refractivity contribution in [3.63, 3.8) is 0 Å². The van der Waals surface area contributed by atoms with Crippen molar-refractivity contribution >= 4 is 32.4 Å². The predicted molar refractivity (Wildman–Crippen MR) is 69.9 cm³/mol. The van der Waals surface area contributed by atoms with Gasteiger partial charge >= 0.3 is 0 Å².